The van der Waals surface area contributed by atoms with E-state index in [1.54, 1.807) is 48.5 Å². The van der Waals surface area contributed by atoms with Crippen LogP contribution >= 0.6 is 0 Å². The van der Waals surface area contributed by atoms with Crippen molar-refractivity contribution in [1.29, 1.82) is 0 Å². The molecule has 0 radical (unpaired) electrons. The Bertz CT molecular complexity index is 527. The monoisotopic (exact) mass is 256 g/mol. The molecule has 0 saturated heterocycles. The van der Waals surface area contributed by atoms with Gasteiger partial charge in [-0.15, -0.1) is 0 Å². The molecule has 0 atom stereocenters. The third kappa shape index (κ3) is 3.10. The zero-order valence-corrected chi connectivity index (χ0v) is 9.97. The van der Waals surface area contributed by atoms with Crippen LogP contribution in [0.5, 0.6) is 0 Å². The average molecular weight is 256 g/mol. The predicted octanol–water partition coefficient (Wildman–Crippen LogP) is 2.68. The molecule has 0 saturated carbocycles. The average Bonchev–Trinajstić information content (AvgIpc) is 2.50. The van der Waals surface area contributed by atoms with Crippen molar-refractivity contribution in [3.63, 3.8) is 0 Å². The van der Waals surface area contributed by atoms with Crippen molar-refractivity contribution < 1.29 is 15.2 Å². The fourth-order valence-corrected chi connectivity index (χ4v) is 1.53. The summed E-state index contributed by atoms with van der Waals surface area (Å²) in [7, 11) is 0. The first-order chi connectivity index (χ1) is 9.35. The molecule has 5 nitrogen and oxygen atoms in total. The summed E-state index contributed by atoms with van der Waals surface area (Å²) in [6, 6.07) is 17.6. The van der Waals surface area contributed by atoms with Crippen molar-refractivity contribution in [2.75, 3.05) is 0 Å². The minimum absolute atomic E-state index is 0.0442. The van der Waals surface area contributed by atoms with E-state index >= 15 is 0 Å². The highest BCUT2D eigenvalue weighted by Crippen LogP contribution is 2.08. The maximum absolute atomic E-state index is 9.00. The Morgan fingerprint density at radius 3 is 1.37 bits per heavy atom. The van der Waals surface area contributed by atoms with Crippen LogP contribution in [0.1, 0.15) is 11.1 Å². The first kappa shape index (κ1) is 12.6. The maximum atomic E-state index is 9.00. The molecule has 0 aromatic heterocycles. The van der Waals surface area contributed by atoms with E-state index in [9.17, 15) is 0 Å². The van der Waals surface area contributed by atoms with Crippen LogP contribution in [0.15, 0.2) is 71.0 Å². The molecule has 0 spiro atoms. The van der Waals surface area contributed by atoms with E-state index in [1.807, 2.05) is 12.1 Å². The second-order valence-electron chi connectivity index (χ2n) is 3.64. The third-order valence-electron chi connectivity index (χ3n) is 2.42. The SMILES string of the molecule is ON=C(OC(=NO)c1ccccc1)c1ccccc1. The lowest BCUT2D eigenvalue weighted by atomic mass is 10.2. The van der Waals surface area contributed by atoms with Gasteiger partial charge in [-0.05, 0) is 34.6 Å². The molecule has 2 rings (SSSR count). The summed E-state index contributed by atoms with van der Waals surface area (Å²) in [6.07, 6.45) is 0. The molecule has 2 N–H and O–H groups in total. The molecule has 96 valence electrons. The minimum Gasteiger partial charge on any atom is -0.413 e. The lowest BCUT2D eigenvalue weighted by Gasteiger charge is -2.08. The van der Waals surface area contributed by atoms with E-state index in [2.05, 4.69) is 10.3 Å². The molecule has 0 heterocycles. The van der Waals surface area contributed by atoms with Crippen LogP contribution in [0.25, 0.3) is 0 Å². The van der Waals surface area contributed by atoms with Crippen molar-refractivity contribution in [3.8, 4) is 0 Å². The molecule has 0 amide bonds. The highest BCUT2D eigenvalue weighted by atomic mass is 16.6. The lowest BCUT2D eigenvalue weighted by Crippen LogP contribution is -2.15. The van der Waals surface area contributed by atoms with Gasteiger partial charge in [0.25, 0.3) is 11.8 Å². The van der Waals surface area contributed by atoms with E-state index in [1.165, 1.54) is 0 Å². The van der Waals surface area contributed by atoms with Crippen molar-refractivity contribution in [2.45, 2.75) is 0 Å². The van der Waals surface area contributed by atoms with Crippen molar-refractivity contribution >= 4 is 11.8 Å². The first-order valence-electron chi connectivity index (χ1n) is 5.58. The van der Waals surface area contributed by atoms with Crippen LogP contribution in [0, 0.1) is 0 Å². The largest absolute Gasteiger partial charge is 0.413 e. The van der Waals surface area contributed by atoms with Gasteiger partial charge in [0.1, 0.15) is 0 Å². The molecule has 0 fully saturated rings. The smallest absolute Gasteiger partial charge is 0.264 e. The number of rotatable bonds is 2. The minimum atomic E-state index is -0.0442. The predicted molar refractivity (Wildman–Crippen MR) is 70.6 cm³/mol. The fourth-order valence-electron chi connectivity index (χ4n) is 1.53. The molecule has 0 bridgehead atoms. The Morgan fingerprint density at radius 2 is 1.05 bits per heavy atom. The van der Waals surface area contributed by atoms with Gasteiger partial charge >= 0.3 is 0 Å². The summed E-state index contributed by atoms with van der Waals surface area (Å²) in [5.74, 6) is -0.0884. The zero-order valence-electron chi connectivity index (χ0n) is 9.97. The molecule has 5 heteroatoms. The molecular formula is C14H12N2O3. The molecule has 0 unspecified atom stereocenters. The lowest BCUT2D eigenvalue weighted by molar-refractivity contribution is 0.289. The summed E-state index contributed by atoms with van der Waals surface area (Å²) in [4.78, 5) is 0. The van der Waals surface area contributed by atoms with Gasteiger partial charge in [-0.1, -0.05) is 36.4 Å². The highest BCUT2D eigenvalue weighted by molar-refractivity contribution is 6.06. The normalized spacial score (nSPS) is 12.2. The van der Waals surface area contributed by atoms with Crippen LogP contribution in [-0.2, 0) is 4.74 Å². The molecule has 19 heavy (non-hydrogen) atoms. The number of hydrogen-bond acceptors (Lipinski definition) is 5. The first-order valence-corrected chi connectivity index (χ1v) is 5.58. The number of oxime groups is 2. The maximum Gasteiger partial charge on any atom is 0.264 e. The van der Waals surface area contributed by atoms with Crippen molar-refractivity contribution in [1.82, 2.24) is 0 Å². The summed E-state index contributed by atoms with van der Waals surface area (Å²) < 4.78 is 5.32. The zero-order chi connectivity index (χ0) is 13.5. The standard InChI is InChI=1S/C14H12N2O3/c17-15-13(11-7-3-1-4-8-11)19-14(16-18)12-9-5-2-6-10-12/h1-10,17-18H. The van der Waals surface area contributed by atoms with Gasteiger partial charge in [-0.25, -0.2) is 0 Å². The second-order valence-corrected chi connectivity index (χ2v) is 3.64. The Kier molecular flexibility index (Phi) is 4.12. The van der Waals surface area contributed by atoms with E-state index < -0.39 is 0 Å². The van der Waals surface area contributed by atoms with Gasteiger partial charge in [-0.2, -0.15) is 0 Å². The van der Waals surface area contributed by atoms with Crippen LogP contribution in [0.2, 0.25) is 0 Å². The fraction of sp³-hybridized carbons (Fsp3) is 0. The van der Waals surface area contributed by atoms with Crippen LogP contribution in [-0.4, -0.2) is 22.2 Å². The quantitative estimate of drug-likeness (QED) is 0.375. The third-order valence-corrected chi connectivity index (χ3v) is 2.42. The molecule has 0 aliphatic carbocycles. The molecule has 0 aliphatic rings. The van der Waals surface area contributed by atoms with Crippen LogP contribution in [0.3, 0.4) is 0 Å². The number of nitrogens with zero attached hydrogens (tertiary/aromatic N) is 2. The number of hydrogen-bond donors (Lipinski definition) is 2. The number of benzene rings is 2. The topological polar surface area (TPSA) is 74.4 Å². The molecule has 2 aromatic rings. The summed E-state index contributed by atoms with van der Waals surface area (Å²) >= 11 is 0. The second kappa shape index (κ2) is 6.20. The van der Waals surface area contributed by atoms with Crippen LogP contribution in [0.4, 0.5) is 0 Å². The molecular weight excluding hydrogens is 244 g/mol. The van der Waals surface area contributed by atoms with Gasteiger partial charge in [-0.3, -0.25) is 0 Å². The van der Waals surface area contributed by atoms with Gasteiger partial charge in [0, 0.05) is 11.1 Å². The van der Waals surface area contributed by atoms with E-state index in [4.69, 9.17) is 15.2 Å². The summed E-state index contributed by atoms with van der Waals surface area (Å²) in [6.45, 7) is 0. The van der Waals surface area contributed by atoms with E-state index in [-0.39, 0.29) is 11.8 Å². The summed E-state index contributed by atoms with van der Waals surface area (Å²) in [5.41, 5.74) is 1.14. The Labute approximate surface area is 110 Å². The molecule has 2 aromatic carbocycles. The molecule has 0 aliphatic heterocycles. The van der Waals surface area contributed by atoms with Gasteiger partial charge in [0.2, 0.25) is 0 Å². The highest BCUT2D eigenvalue weighted by Gasteiger charge is 2.12. The van der Waals surface area contributed by atoms with Crippen molar-refractivity contribution in [3.05, 3.63) is 71.8 Å². The number of ether oxygens (including phenoxy) is 1. The van der Waals surface area contributed by atoms with E-state index in [0.29, 0.717) is 11.1 Å². The van der Waals surface area contributed by atoms with Crippen molar-refractivity contribution in [2.24, 2.45) is 10.3 Å². The Balaban J connectivity index is 2.24. The van der Waals surface area contributed by atoms with E-state index in [0.717, 1.165) is 0 Å². The summed E-state index contributed by atoms with van der Waals surface area (Å²) in [5, 5.41) is 24.1. The van der Waals surface area contributed by atoms with Gasteiger partial charge < -0.3 is 15.2 Å². The Hall–Kier alpha value is -2.82. The van der Waals surface area contributed by atoms with Gasteiger partial charge in [0.05, 0.1) is 0 Å². The van der Waals surface area contributed by atoms with Gasteiger partial charge in [0.15, 0.2) is 0 Å². The van der Waals surface area contributed by atoms with Crippen LogP contribution < -0.4 is 0 Å². The Morgan fingerprint density at radius 1 is 0.684 bits per heavy atom.